The van der Waals surface area contributed by atoms with E-state index in [1.807, 2.05) is 0 Å². The van der Waals surface area contributed by atoms with Crippen LogP contribution in [0.4, 0.5) is 9.59 Å². The van der Waals surface area contributed by atoms with Crippen molar-refractivity contribution in [1.82, 2.24) is 40.6 Å². The van der Waals surface area contributed by atoms with E-state index in [0.717, 1.165) is 9.80 Å². The Labute approximate surface area is 158 Å². The van der Waals surface area contributed by atoms with Crippen molar-refractivity contribution in [2.45, 2.75) is 12.5 Å². The van der Waals surface area contributed by atoms with Gasteiger partial charge in [-0.2, -0.15) is 0 Å². The predicted molar refractivity (Wildman–Crippen MR) is 91.9 cm³/mol. The minimum atomic E-state index is -1.37. The van der Waals surface area contributed by atoms with Crippen LogP contribution in [-0.2, 0) is 15.1 Å². The highest BCUT2D eigenvalue weighted by Crippen LogP contribution is 2.30. The summed E-state index contributed by atoms with van der Waals surface area (Å²) in [5.41, 5.74) is -0.254. The van der Waals surface area contributed by atoms with E-state index in [2.05, 4.69) is 26.2 Å². The molecule has 1 aromatic carbocycles. The zero-order valence-electron chi connectivity index (χ0n) is 14.8. The molecular formula is C16H16N8O4. The molecule has 2 aliphatic rings. The Hall–Kier alpha value is -3.83. The van der Waals surface area contributed by atoms with Crippen molar-refractivity contribution in [1.29, 1.82) is 0 Å². The fourth-order valence-electron chi connectivity index (χ4n) is 3.21. The molecule has 1 unspecified atom stereocenters. The molecule has 2 saturated heterocycles. The van der Waals surface area contributed by atoms with Gasteiger partial charge < -0.3 is 10.6 Å². The smallest absolute Gasteiger partial charge is 0.325 e. The number of benzene rings is 1. The molecule has 4 rings (SSSR count). The maximum Gasteiger partial charge on any atom is 0.325 e. The predicted octanol–water partition coefficient (Wildman–Crippen LogP) is -1.02. The van der Waals surface area contributed by atoms with E-state index in [0.29, 0.717) is 17.8 Å². The molecule has 1 atom stereocenters. The first-order valence-electron chi connectivity index (χ1n) is 8.46. The third-order valence-electron chi connectivity index (χ3n) is 4.76. The highest BCUT2D eigenvalue weighted by Gasteiger charge is 2.50. The molecule has 2 aromatic rings. The highest BCUT2D eigenvalue weighted by molar-refractivity contribution is 6.10. The van der Waals surface area contributed by atoms with Gasteiger partial charge >= 0.3 is 12.1 Å². The van der Waals surface area contributed by atoms with Crippen LogP contribution in [0.5, 0.6) is 0 Å². The molecule has 3 heterocycles. The topological polar surface area (TPSA) is 142 Å². The van der Waals surface area contributed by atoms with E-state index in [4.69, 9.17) is 0 Å². The molecule has 0 spiro atoms. The van der Waals surface area contributed by atoms with Crippen molar-refractivity contribution < 1.29 is 19.2 Å². The molecule has 1 aromatic heterocycles. The standard InChI is InChI=1S/C16H16N8O4/c1-16(10-3-2-4-11(7-10)24-9-18-20-21-24)13(26)23(15(28)19-16)8-12(25)22-6-5-17-14(22)27/h2-4,7,9H,5-6,8H2,1H3,(H,17,27)(H,19,28). The molecule has 28 heavy (non-hydrogen) atoms. The van der Waals surface area contributed by atoms with Crippen LogP contribution in [0.2, 0.25) is 0 Å². The Morgan fingerprint density at radius 1 is 1.25 bits per heavy atom. The van der Waals surface area contributed by atoms with Crippen LogP contribution in [0.25, 0.3) is 5.69 Å². The molecule has 144 valence electrons. The number of aromatic nitrogens is 4. The lowest BCUT2D eigenvalue weighted by molar-refractivity contribution is -0.137. The number of hydrogen-bond acceptors (Lipinski definition) is 7. The summed E-state index contributed by atoms with van der Waals surface area (Å²) in [6.45, 7) is 1.58. The molecule has 0 saturated carbocycles. The van der Waals surface area contributed by atoms with Gasteiger partial charge in [-0.05, 0) is 35.0 Å². The average molecular weight is 384 g/mol. The molecule has 12 heteroatoms. The largest absolute Gasteiger partial charge is 0.336 e. The Kier molecular flexibility index (Phi) is 4.02. The lowest BCUT2D eigenvalue weighted by Crippen LogP contribution is -2.45. The molecule has 2 fully saturated rings. The van der Waals surface area contributed by atoms with Crippen LogP contribution in [-0.4, -0.2) is 73.5 Å². The molecule has 2 N–H and O–H groups in total. The summed E-state index contributed by atoms with van der Waals surface area (Å²) in [7, 11) is 0. The van der Waals surface area contributed by atoms with Gasteiger partial charge in [-0.15, -0.1) is 5.10 Å². The van der Waals surface area contributed by atoms with Crippen molar-refractivity contribution >= 4 is 23.9 Å². The summed E-state index contributed by atoms with van der Waals surface area (Å²) in [5.74, 6) is -1.20. The van der Waals surface area contributed by atoms with E-state index in [1.54, 1.807) is 31.2 Å². The van der Waals surface area contributed by atoms with Crippen LogP contribution in [0, 0.1) is 0 Å². The summed E-state index contributed by atoms with van der Waals surface area (Å²) in [4.78, 5) is 51.1. The van der Waals surface area contributed by atoms with Gasteiger partial charge in [-0.3, -0.25) is 19.4 Å². The van der Waals surface area contributed by atoms with E-state index in [9.17, 15) is 19.2 Å². The van der Waals surface area contributed by atoms with Crippen LogP contribution >= 0.6 is 0 Å². The zero-order valence-corrected chi connectivity index (χ0v) is 14.8. The molecule has 6 amide bonds. The van der Waals surface area contributed by atoms with Crippen molar-refractivity contribution in [3.05, 3.63) is 36.2 Å². The number of rotatable bonds is 4. The Bertz CT molecular complexity index is 975. The number of urea groups is 2. The number of hydrogen-bond donors (Lipinski definition) is 2. The summed E-state index contributed by atoms with van der Waals surface area (Å²) in [6, 6.07) is 5.58. The molecule has 0 aliphatic carbocycles. The van der Waals surface area contributed by atoms with Gasteiger partial charge in [0.05, 0.1) is 5.69 Å². The van der Waals surface area contributed by atoms with Crippen molar-refractivity contribution in [3.63, 3.8) is 0 Å². The van der Waals surface area contributed by atoms with E-state index < -0.39 is 36.0 Å². The average Bonchev–Trinajstić information content (AvgIpc) is 3.40. The summed E-state index contributed by atoms with van der Waals surface area (Å²) >= 11 is 0. The van der Waals surface area contributed by atoms with Gasteiger partial charge in [-0.25, -0.2) is 14.3 Å². The first kappa shape index (κ1) is 17.6. The third-order valence-corrected chi connectivity index (χ3v) is 4.76. The lowest BCUT2D eigenvalue weighted by Gasteiger charge is -2.23. The quantitative estimate of drug-likeness (QED) is 0.643. The van der Waals surface area contributed by atoms with Gasteiger partial charge in [0.25, 0.3) is 11.8 Å². The minimum Gasteiger partial charge on any atom is -0.336 e. The molecule has 12 nitrogen and oxygen atoms in total. The third kappa shape index (κ3) is 2.74. The monoisotopic (exact) mass is 384 g/mol. The fourth-order valence-corrected chi connectivity index (χ4v) is 3.21. The Morgan fingerprint density at radius 3 is 2.75 bits per heavy atom. The van der Waals surface area contributed by atoms with Crippen molar-refractivity contribution in [3.8, 4) is 5.69 Å². The fraction of sp³-hybridized carbons (Fsp3) is 0.312. The zero-order chi connectivity index (χ0) is 19.9. The number of amides is 6. The number of carbonyl (C=O) groups excluding carboxylic acids is 4. The van der Waals surface area contributed by atoms with E-state index in [-0.39, 0.29) is 6.54 Å². The number of imide groups is 2. The number of nitrogens with one attached hydrogen (secondary N) is 2. The van der Waals surface area contributed by atoms with Crippen LogP contribution in [0.1, 0.15) is 12.5 Å². The number of carbonyl (C=O) groups is 4. The second kappa shape index (κ2) is 6.40. The number of tetrazole rings is 1. The second-order valence-electron chi connectivity index (χ2n) is 6.53. The van der Waals surface area contributed by atoms with Gasteiger partial charge in [-0.1, -0.05) is 12.1 Å². The van der Waals surface area contributed by atoms with Crippen molar-refractivity contribution in [2.24, 2.45) is 0 Å². The summed E-state index contributed by atoms with van der Waals surface area (Å²) < 4.78 is 1.42. The van der Waals surface area contributed by atoms with Crippen molar-refractivity contribution in [2.75, 3.05) is 19.6 Å². The Balaban J connectivity index is 1.58. The van der Waals surface area contributed by atoms with Gasteiger partial charge in [0, 0.05) is 13.1 Å². The Morgan fingerprint density at radius 2 is 2.07 bits per heavy atom. The van der Waals surface area contributed by atoms with E-state index in [1.165, 1.54) is 11.0 Å². The highest BCUT2D eigenvalue weighted by atomic mass is 16.2. The maximum absolute atomic E-state index is 13.0. The first-order valence-corrected chi connectivity index (χ1v) is 8.46. The normalized spacial score (nSPS) is 21.8. The first-order chi connectivity index (χ1) is 13.4. The van der Waals surface area contributed by atoms with Gasteiger partial charge in [0.1, 0.15) is 18.4 Å². The summed E-state index contributed by atoms with van der Waals surface area (Å²) in [5, 5.41) is 16.1. The molecule has 0 bridgehead atoms. The second-order valence-corrected chi connectivity index (χ2v) is 6.53. The van der Waals surface area contributed by atoms with Gasteiger partial charge in [0.15, 0.2) is 0 Å². The van der Waals surface area contributed by atoms with E-state index >= 15 is 0 Å². The van der Waals surface area contributed by atoms with Crippen LogP contribution in [0.15, 0.2) is 30.6 Å². The number of nitrogens with zero attached hydrogens (tertiary/aromatic N) is 6. The summed E-state index contributed by atoms with van der Waals surface area (Å²) in [6.07, 6.45) is 1.41. The maximum atomic E-state index is 13.0. The van der Waals surface area contributed by atoms with Crippen LogP contribution in [0.3, 0.4) is 0 Å². The van der Waals surface area contributed by atoms with Crippen LogP contribution < -0.4 is 10.6 Å². The molecule has 2 aliphatic heterocycles. The van der Waals surface area contributed by atoms with Gasteiger partial charge in [0.2, 0.25) is 0 Å². The lowest BCUT2D eigenvalue weighted by atomic mass is 9.91. The minimum absolute atomic E-state index is 0.201. The molecular weight excluding hydrogens is 368 g/mol. The SMILES string of the molecule is CC1(c2cccc(-n3cnnn3)c2)NC(=O)N(CC(=O)N2CCNC2=O)C1=O. The molecule has 0 radical (unpaired) electrons.